The Morgan fingerprint density at radius 3 is 2.79 bits per heavy atom. The van der Waals surface area contributed by atoms with Gasteiger partial charge in [-0.05, 0) is 64.6 Å². The molecule has 0 aliphatic carbocycles. The predicted octanol–water partition coefficient (Wildman–Crippen LogP) is 2.64. The average molecular weight is 270 g/mol. The first-order valence-electron chi connectivity index (χ1n) is 8.18. The van der Waals surface area contributed by atoms with E-state index in [1.54, 1.807) is 0 Å². The van der Waals surface area contributed by atoms with Gasteiger partial charge in [-0.3, -0.25) is 0 Å². The maximum Gasteiger partial charge on any atom is 0.0610 e. The summed E-state index contributed by atoms with van der Waals surface area (Å²) in [5.74, 6) is 0.877. The van der Waals surface area contributed by atoms with E-state index in [4.69, 9.17) is 0 Å². The number of unbranched alkanes of at least 4 members (excludes halogenated alkanes) is 1. The van der Waals surface area contributed by atoms with Crippen molar-refractivity contribution in [1.82, 2.24) is 10.2 Å². The fourth-order valence-electron chi connectivity index (χ4n) is 2.99. The minimum Gasteiger partial charge on any atom is -0.394 e. The molecule has 0 spiro atoms. The van der Waals surface area contributed by atoms with E-state index in [-0.39, 0.29) is 12.1 Å². The van der Waals surface area contributed by atoms with Crippen molar-refractivity contribution in [2.45, 2.75) is 64.8 Å². The van der Waals surface area contributed by atoms with Crippen LogP contribution < -0.4 is 5.32 Å². The lowest BCUT2D eigenvalue weighted by Gasteiger charge is -2.32. The Bertz CT molecular complexity index is 235. The summed E-state index contributed by atoms with van der Waals surface area (Å²) in [4.78, 5) is 2.62. The lowest BCUT2D eigenvalue weighted by Crippen LogP contribution is -2.46. The molecule has 114 valence electrons. The van der Waals surface area contributed by atoms with Gasteiger partial charge in [0.2, 0.25) is 0 Å². The largest absolute Gasteiger partial charge is 0.394 e. The molecule has 1 aliphatic heterocycles. The molecule has 0 aromatic rings. The normalized spacial score (nSPS) is 24.3. The molecular weight excluding hydrogens is 236 g/mol. The summed E-state index contributed by atoms with van der Waals surface area (Å²) < 4.78 is 0. The van der Waals surface area contributed by atoms with E-state index < -0.39 is 0 Å². The zero-order valence-electron chi connectivity index (χ0n) is 13.2. The summed E-state index contributed by atoms with van der Waals surface area (Å²) in [7, 11) is 0. The first-order chi connectivity index (χ1) is 9.09. The molecule has 2 unspecified atom stereocenters. The number of hydrogen-bond donors (Lipinski definition) is 2. The highest BCUT2D eigenvalue weighted by atomic mass is 16.3. The van der Waals surface area contributed by atoms with Gasteiger partial charge in [-0.25, -0.2) is 0 Å². The molecule has 3 heteroatoms. The molecule has 1 aliphatic rings. The van der Waals surface area contributed by atoms with Gasteiger partial charge in [0.15, 0.2) is 0 Å². The Hall–Kier alpha value is -0.120. The van der Waals surface area contributed by atoms with E-state index in [2.05, 4.69) is 31.0 Å². The van der Waals surface area contributed by atoms with E-state index in [0.717, 1.165) is 25.3 Å². The molecule has 2 atom stereocenters. The summed E-state index contributed by atoms with van der Waals surface area (Å²) >= 11 is 0. The van der Waals surface area contributed by atoms with Crippen molar-refractivity contribution in [3.8, 4) is 0 Å². The number of likely N-dealkylation sites (tertiary alicyclic amines) is 1. The molecule has 1 heterocycles. The second kappa shape index (κ2) is 8.93. The van der Waals surface area contributed by atoms with Crippen LogP contribution in [0.1, 0.15) is 59.3 Å². The van der Waals surface area contributed by atoms with Gasteiger partial charge in [0.25, 0.3) is 0 Å². The third kappa shape index (κ3) is 6.73. The van der Waals surface area contributed by atoms with E-state index >= 15 is 0 Å². The third-order valence-electron chi connectivity index (χ3n) is 4.34. The van der Waals surface area contributed by atoms with Gasteiger partial charge >= 0.3 is 0 Å². The van der Waals surface area contributed by atoms with Crippen molar-refractivity contribution in [3.05, 3.63) is 0 Å². The second-order valence-electron chi connectivity index (χ2n) is 6.65. The van der Waals surface area contributed by atoms with E-state index in [1.807, 2.05) is 0 Å². The van der Waals surface area contributed by atoms with Gasteiger partial charge in [0, 0.05) is 12.1 Å². The van der Waals surface area contributed by atoms with Gasteiger partial charge in [-0.1, -0.05) is 20.3 Å². The molecular formula is C16H34N2O. The molecule has 1 fully saturated rings. The highest BCUT2D eigenvalue weighted by Crippen LogP contribution is 2.17. The Kier molecular flexibility index (Phi) is 7.96. The molecule has 0 amide bonds. The number of aliphatic hydroxyl groups is 1. The lowest BCUT2D eigenvalue weighted by atomic mass is 9.95. The standard InChI is InChI=1S/C16H34N2O/c1-4-10-17-16(3,14-19)9-5-6-11-18-12-7-8-15(2)13-18/h15,17,19H,4-14H2,1-3H3. The van der Waals surface area contributed by atoms with Gasteiger partial charge < -0.3 is 15.3 Å². The van der Waals surface area contributed by atoms with Crippen molar-refractivity contribution in [2.24, 2.45) is 5.92 Å². The molecule has 1 rings (SSSR count). The van der Waals surface area contributed by atoms with Crippen molar-refractivity contribution >= 4 is 0 Å². The van der Waals surface area contributed by atoms with Gasteiger partial charge in [-0.2, -0.15) is 0 Å². The fourth-order valence-corrected chi connectivity index (χ4v) is 2.99. The monoisotopic (exact) mass is 270 g/mol. The van der Waals surface area contributed by atoms with Crippen molar-refractivity contribution in [2.75, 3.05) is 32.8 Å². The topological polar surface area (TPSA) is 35.5 Å². The minimum absolute atomic E-state index is 0.0782. The number of rotatable bonds is 9. The van der Waals surface area contributed by atoms with Crippen LogP contribution in [0.5, 0.6) is 0 Å². The summed E-state index contributed by atoms with van der Waals surface area (Å²) in [5, 5.41) is 13.0. The average Bonchev–Trinajstić information content (AvgIpc) is 2.42. The first-order valence-corrected chi connectivity index (χ1v) is 8.18. The fraction of sp³-hybridized carbons (Fsp3) is 1.00. The highest BCUT2D eigenvalue weighted by molar-refractivity contribution is 4.82. The Morgan fingerprint density at radius 1 is 1.37 bits per heavy atom. The Morgan fingerprint density at radius 2 is 2.16 bits per heavy atom. The number of nitrogens with zero attached hydrogens (tertiary/aromatic N) is 1. The van der Waals surface area contributed by atoms with Crippen LogP contribution in [0, 0.1) is 5.92 Å². The molecule has 19 heavy (non-hydrogen) atoms. The SMILES string of the molecule is CCCNC(C)(CO)CCCCN1CCCC(C)C1. The number of piperidine rings is 1. The van der Waals surface area contributed by atoms with Gasteiger partial charge in [-0.15, -0.1) is 0 Å². The van der Waals surface area contributed by atoms with Crippen molar-refractivity contribution in [3.63, 3.8) is 0 Å². The van der Waals surface area contributed by atoms with Gasteiger partial charge in [0.05, 0.1) is 6.61 Å². The Labute approximate surface area is 119 Å². The van der Waals surface area contributed by atoms with E-state index in [0.29, 0.717) is 0 Å². The quantitative estimate of drug-likeness (QED) is 0.632. The molecule has 0 saturated carbocycles. The number of hydrogen-bond acceptors (Lipinski definition) is 3. The molecule has 2 N–H and O–H groups in total. The zero-order valence-corrected chi connectivity index (χ0v) is 13.2. The van der Waals surface area contributed by atoms with Crippen molar-refractivity contribution < 1.29 is 5.11 Å². The second-order valence-corrected chi connectivity index (χ2v) is 6.65. The maximum absolute atomic E-state index is 9.52. The molecule has 0 bridgehead atoms. The number of aliphatic hydroxyl groups excluding tert-OH is 1. The van der Waals surface area contributed by atoms with Crippen LogP contribution in [0.2, 0.25) is 0 Å². The van der Waals surface area contributed by atoms with Crippen LogP contribution >= 0.6 is 0 Å². The van der Waals surface area contributed by atoms with Crippen LogP contribution in [-0.2, 0) is 0 Å². The molecule has 1 saturated heterocycles. The molecule has 0 radical (unpaired) electrons. The number of nitrogens with one attached hydrogen (secondary N) is 1. The van der Waals surface area contributed by atoms with Crippen LogP contribution in [0.25, 0.3) is 0 Å². The van der Waals surface area contributed by atoms with Crippen molar-refractivity contribution in [1.29, 1.82) is 0 Å². The lowest BCUT2D eigenvalue weighted by molar-refractivity contribution is 0.154. The molecule has 3 nitrogen and oxygen atoms in total. The van der Waals surface area contributed by atoms with Crippen LogP contribution in [-0.4, -0.2) is 48.3 Å². The highest BCUT2D eigenvalue weighted by Gasteiger charge is 2.22. The first kappa shape index (κ1) is 16.9. The van der Waals surface area contributed by atoms with Crippen LogP contribution in [0.3, 0.4) is 0 Å². The molecule has 0 aromatic heterocycles. The van der Waals surface area contributed by atoms with E-state index in [1.165, 1.54) is 45.3 Å². The maximum atomic E-state index is 9.52. The summed E-state index contributed by atoms with van der Waals surface area (Å²) in [6.45, 7) is 11.7. The predicted molar refractivity (Wildman–Crippen MR) is 82.5 cm³/mol. The minimum atomic E-state index is -0.0782. The smallest absolute Gasteiger partial charge is 0.0610 e. The van der Waals surface area contributed by atoms with Crippen LogP contribution in [0.4, 0.5) is 0 Å². The summed E-state index contributed by atoms with van der Waals surface area (Å²) in [5.41, 5.74) is -0.0782. The Balaban J connectivity index is 2.14. The van der Waals surface area contributed by atoms with Gasteiger partial charge in [0.1, 0.15) is 0 Å². The summed E-state index contributed by atoms with van der Waals surface area (Å²) in [6.07, 6.45) is 7.44. The molecule has 0 aromatic carbocycles. The van der Waals surface area contributed by atoms with E-state index in [9.17, 15) is 5.11 Å². The van der Waals surface area contributed by atoms with Crippen LogP contribution in [0.15, 0.2) is 0 Å². The third-order valence-corrected chi connectivity index (χ3v) is 4.34. The summed E-state index contributed by atoms with van der Waals surface area (Å²) in [6, 6.07) is 0. The zero-order chi connectivity index (χ0) is 14.1.